The molecule has 1 unspecified atom stereocenters. The molecule has 0 spiro atoms. The van der Waals surface area contributed by atoms with Crippen LogP contribution in [0.5, 0.6) is 0 Å². The van der Waals surface area contributed by atoms with E-state index in [0.717, 1.165) is 38.5 Å². The zero-order valence-corrected chi connectivity index (χ0v) is 42.5. The summed E-state index contributed by atoms with van der Waals surface area (Å²) >= 11 is 0. The fourth-order valence-corrected chi connectivity index (χ4v) is 8.40. The van der Waals surface area contributed by atoms with Crippen molar-refractivity contribution in [2.45, 2.75) is 264 Å². The molecule has 0 aromatic rings. The van der Waals surface area contributed by atoms with E-state index < -0.39 is 26.5 Å². The number of phosphoric acid groups is 1. The van der Waals surface area contributed by atoms with Gasteiger partial charge in [-0.25, -0.2) is 4.57 Å². The molecule has 0 radical (unpaired) electrons. The van der Waals surface area contributed by atoms with Gasteiger partial charge in [0.1, 0.15) is 19.8 Å². The highest BCUT2D eigenvalue weighted by Gasteiger charge is 2.27. The van der Waals surface area contributed by atoms with Crippen LogP contribution in [0.4, 0.5) is 0 Å². The zero-order valence-electron chi connectivity index (χ0n) is 41.6. The van der Waals surface area contributed by atoms with Gasteiger partial charge in [-0.1, -0.05) is 219 Å². The van der Waals surface area contributed by atoms with Gasteiger partial charge in [-0.15, -0.1) is 0 Å². The predicted octanol–water partition coefficient (Wildman–Crippen LogP) is 15.7. The van der Waals surface area contributed by atoms with E-state index in [2.05, 4.69) is 26.0 Å². The Morgan fingerprint density at radius 1 is 0.484 bits per heavy atom. The number of esters is 2. The Bertz CT molecular complexity index is 1060. The Kier molecular flexibility index (Phi) is 44.0. The third-order valence-corrected chi connectivity index (χ3v) is 12.8. The number of quaternary nitrogens is 1. The maximum atomic E-state index is 12.8. The Morgan fingerprint density at radius 2 is 0.823 bits per heavy atom. The number of phosphoric ester groups is 1. The smallest absolute Gasteiger partial charge is 0.462 e. The van der Waals surface area contributed by atoms with Gasteiger partial charge >= 0.3 is 19.8 Å². The first-order valence-electron chi connectivity index (χ1n) is 26.4. The lowest BCUT2D eigenvalue weighted by atomic mass is 10.0. The van der Waals surface area contributed by atoms with Crippen LogP contribution < -0.4 is 0 Å². The fourth-order valence-electron chi connectivity index (χ4n) is 7.66. The lowest BCUT2D eigenvalue weighted by Crippen LogP contribution is -2.37. The number of carbonyl (C=O) groups is 2. The van der Waals surface area contributed by atoms with Crippen LogP contribution in [0, 0.1) is 0 Å². The Balaban J connectivity index is 4.19. The number of rotatable bonds is 49. The molecular weight excluding hydrogens is 798 g/mol. The first-order valence-corrected chi connectivity index (χ1v) is 27.9. The molecule has 0 aliphatic rings. The summed E-state index contributed by atoms with van der Waals surface area (Å²) in [6, 6.07) is 0. The molecule has 0 aromatic carbocycles. The molecular formula is C52H103NO8P+. The minimum Gasteiger partial charge on any atom is -0.462 e. The van der Waals surface area contributed by atoms with Crippen LogP contribution in [-0.4, -0.2) is 74.9 Å². The van der Waals surface area contributed by atoms with Crippen LogP contribution in [-0.2, 0) is 32.7 Å². The first-order chi connectivity index (χ1) is 30.0. The Morgan fingerprint density at radius 3 is 1.19 bits per heavy atom. The van der Waals surface area contributed by atoms with Gasteiger partial charge in [0, 0.05) is 12.8 Å². The molecule has 0 aromatic heterocycles. The fraction of sp³-hybridized carbons (Fsp3) is 0.923. The largest absolute Gasteiger partial charge is 0.472 e. The van der Waals surface area contributed by atoms with E-state index in [-0.39, 0.29) is 25.6 Å². The van der Waals surface area contributed by atoms with Crippen LogP contribution in [0.3, 0.4) is 0 Å². The van der Waals surface area contributed by atoms with E-state index in [0.29, 0.717) is 17.4 Å². The second kappa shape index (κ2) is 44.9. The minimum atomic E-state index is -4.37. The van der Waals surface area contributed by atoms with Gasteiger partial charge in [-0.2, -0.15) is 0 Å². The lowest BCUT2D eigenvalue weighted by Gasteiger charge is -2.24. The maximum absolute atomic E-state index is 12.8. The third-order valence-electron chi connectivity index (χ3n) is 11.8. The van der Waals surface area contributed by atoms with Crippen molar-refractivity contribution < 1.29 is 42.1 Å². The molecule has 0 rings (SSSR count). The van der Waals surface area contributed by atoms with Crippen molar-refractivity contribution in [2.24, 2.45) is 0 Å². The number of hydrogen-bond acceptors (Lipinski definition) is 7. The molecule has 62 heavy (non-hydrogen) atoms. The van der Waals surface area contributed by atoms with Gasteiger partial charge < -0.3 is 18.9 Å². The Hall–Kier alpha value is -1.25. The van der Waals surface area contributed by atoms with Crippen molar-refractivity contribution in [1.82, 2.24) is 0 Å². The number of nitrogens with zero attached hydrogens (tertiary/aromatic N) is 1. The summed E-state index contributed by atoms with van der Waals surface area (Å²) in [6.45, 7) is 4.47. The number of unbranched alkanes of at least 4 members (excludes halogenated alkanes) is 33. The second-order valence-corrected chi connectivity index (χ2v) is 20.7. The number of hydrogen-bond donors (Lipinski definition) is 1. The highest BCUT2D eigenvalue weighted by atomic mass is 31.2. The monoisotopic (exact) mass is 901 g/mol. The number of ether oxygens (including phenoxy) is 2. The van der Waals surface area contributed by atoms with E-state index in [4.69, 9.17) is 18.5 Å². The van der Waals surface area contributed by atoms with Gasteiger partial charge in [0.05, 0.1) is 27.7 Å². The van der Waals surface area contributed by atoms with Crippen molar-refractivity contribution in [3.8, 4) is 0 Å². The van der Waals surface area contributed by atoms with Gasteiger partial charge in [0.15, 0.2) is 6.10 Å². The van der Waals surface area contributed by atoms with Gasteiger partial charge in [0.2, 0.25) is 0 Å². The van der Waals surface area contributed by atoms with Crippen LogP contribution in [0.2, 0.25) is 0 Å². The van der Waals surface area contributed by atoms with Crippen molar-refractivity contribution in [3.05, 3.63) is 12.2 Å². The molecule has 0 bridgehead atoms. The van der Waals surface area contributed by atoms with E-state index in [1.54, 1.807) is 0 Å². The van der Waals surface area contributed by atoms with Gasteiger partial charge in [-0.3, -0.25) is 18.6 Å². The second-order valence-electron chi connectivity index (χ2n) is 19.3. The van der Waals surface area contributed by atoms with Crippen LogP contribution in [0.25, 0.3) is 0 Å². The summed E-state index contributed by atoms with van der Waals surface area (Å²) < 4.78 is 34.5. The summed E-state index contributed by atoms with van der Waals surface area (Å²) in [7, 11) is 1.49. The third kappa shape index (κ3) is 48.2. The van der Waals surface area contributed by atoms with Crippen LogP contribution in [0.1, 0.15) is 258 Å². The van der Waals surface area contributed by atoms with Crippen molar-refractivity contribution in [3.63, 3.8) is 0 Å². The SMILES string of the molecule is CCCCCCCC/C=C\CCCCCCCCCCCCCC(=O)OC[C@H](COP(=O)(O)OCC[N+](C)(C)C)OC(=O)CCCCCCCCCCCCCCCCCCC. The van der Waals surface area contributed by atoms with Gasteiger partial charge in [0.25, 0.3) is 0 Å². The van der Waals surface area contributed by atoms with Gasteiger partial charge in [-0.05, 0) is 38.5 Å². The molecule has 0 aliphatic heterocycles. The zero-order chi connectivity index (χ0) is 45.7. The number of likely N-dealkylation sites (N-methyl/N-ethyl adjacent to an activating group) is 1. The quantitative estimate of drug-likeness (QED) is 0.0211. The molecule has 9 nitrogen and oxygen atoms in total. The summed E-state index contributed by atoms with van der Waals surface area (Å²) in [6.07, 6.45) is 49.7. The topological polar surface area (TPSA) is 108 Å². The van der Waals surface area contributed by atoms with Crippen molar-refractivity contribution in [2.75, 3.05) is 47.5 Å². The molecule has 10 heteroatoms. The van der Waals surface area contributed by atoms with E-state index in [1.165, 1.54) is 193 Å². The highest BCUT2D eigenvalue weighted by molar-refractivity contribution is 7.47. The standard InChI is InChI=1S/C52H102NO8P/c1-6-8-10-12-14-16-18-20-22-24-25-26-27-29-30-32-34-36-38-40-42-44-51(54)58-48-50(49-60-62(56,57)59-47-46-53(3,4)5)61-52(55)45-43-41-39-37-35-33-31-28-23-21-19-17-15-13-11-9-7-2/h20,22,50H,6-19,21,23-49H2,1-5H3/p+1/b22-20-/t50-/m1/s1. The van der Waals surface area contributed by atoms with E-state index >= 15 is 0 Å². The summed E-state index contributed by atoms with van der Waals surface area (Å²) in [4.78, 5) is 35.6. The summed E-state index contributed by atoms with van der Waals surface area (Å²) in [5, 5.41) is 0. The molecule has 2 atom stereocenters. The van der Waals surface area contributed by atoms with Crippen molar-refractivity contribution in [1.29, 1.82) is 0 Å². The average Bonchev–Trinajstić information content (AvgIpc) is 3.23. The maximum Gasteiger partial charge on any atom is 0.472 e. The predicted molar refractivity (Wildman–Crippen MR) is 261 cm³/mol. The van der Waals surface area contributed by atoms with Crippen LogP contribution in [0.15, 0.2) is 12.2 Å². The minimum absolute atomic E-state index is 0.0354. The molecule has 0 fully saturated rings. The van der Waals surface area contributed by atoms with Crippen molar-refractivity contribution >= 4 is 19.8 Å². The summed E-state index contributed by atoms with van der Waals surface area (Å²) in [5.74, 6) is -0.782. The first kappa shape index (κ1) is 60.8. The highest BCUT2D eigenvalue weighted by Crippen LogP contribution is 2.43. The summed E-state index contributed by atoms with van der Waals surface area (Å²) in [5.41, 5.74) is 0. The molecule has 1 N–H and O–H groups in total. The normalized spacial score (nSPS) is 13.5. The molecule has 368 valence electrons. The molecule has 0 aliphatic carbocycles. The van der Waals surface area contributed by atoms with E-state index in [1.807, 2.05) is 21.1 Å². The van der Waals surface area contributed by atoms with Crippen LogP contribution >= 0.6 is 7.82 Å². The Labute approximate surface area is 384 Å². The molecule has 0 saturated carbocycles. The van der Waals surface area contributed by atoms with E-state index in [9.17, 15) is 19.0 Å². The molecule has 0 saturated heterocycles. The lowest BCUT2D eigenvalue weighted by molar-refractivity contribution is -0.870. The molecule has 0 amide bonds. The number of allylic oxidation sites excluding steroid dienone is 2. The molecule has 0 heterocycles. The average molecular weight is 901 g/mol. The number of carbonyl (C=O) groups excluding carboxylic acids is 2.